The van der Waals surface area contributed by atoms with E-state index in [1.165, 1.54) is 16.7 Å². The Morgan fingerprint density at radius 2 is 1.71 bits per heavy atom. The second kappa shape index (κ2) is 6.53. The van der Waals surface area contributed by atoms with Crippen LogP contribution in [0.4, 0.5) is 0 Å². The molecule has 3 aromatic rings. The van der Waals surface area contributed by atoms with Crippen molar-refractivity contribution in [3.05, 3.63) is 69.0 Å². The van der Waals surface area contributed by atoms with Crippen LogP contribution < -0.4 is 0 Å². The zero-order valence-electron chi connectivity index (χ0n) is 14.3. The lowest BCUT2D eigenvalue weighted by atomic mass is 10.0. The van der Waals surface area contributed by atoms with Gasteiger partial charge in [-0.2, -0.15) is 14.9 Å². The topological polar surface area (TPSA) is 46.0 Å². The molecule has 0 aliphatic heterocycles. The van der Waals surface area contributed by atoms with E-state index in [1.54, 1.807) is 4.68 Å². The van der Waals surface area contributed by atoms with Gasteiger partial charge in [-0.3, -0.25) is 0 Å². The monoisotopic (exact) mass is 336 g/mol. The third-order valence-corrected chi connectivity index (χ3v) is 4.34. The summed E-state index contributed by atoms with van der Waals surface area (Å²) >= 11 is 5.35. The molecule has 2 aromatic carbocycles. The third-order valence-electron chi connectivity index (χ3n) is 4.08. The number of benzene rings is 2. The van der Waals surface area contributed by atoms with Gasteiger partial charge in [-0.1, -0.05) is 42.0 Å². The standard InChI is InChI=1S/C19H20N4S/c1-12-9-14(3)17(15(4)10-12)11-20-23-18(21-22-19(23)24)16-8-6-5-7-13(16)2/h5-11H,1-4H3,(H,22,24)/b20-11-. The number of H-pyrrole nitrogens is 1. The summed E-state index contributed by atoms with van der Waals surface area (Å²) in [6, 6.07) is 12.4. The molecule has 0 spiro atoms. The van der Waals surface area contributed by atoms with Crippen molar-refractivity contribution >= 4 is 18.4 Å². The van der Waals surface area contributed by atoms with E-state index in [-0.39, 0.29) is 0 Å². The lowest BCUT2D eigenvalue weighted by molar-refractivity contribution is 0.870. The lowest BCUT2D eigenvalue weighted by Crippen LogP contribution is -1.99. The van der Waals surface area contributed by atoms with E-state index >= 15 is 0 Å². The van der Waals surface area contributed by atoms with E-state index in [2.05, 4.69) is 61.2 Å². The zero-order valence-corrected chi connectivity index (χ0v) is 15.1. The van der Waals surface area contributed by atoms with Gasteiger partial charge in [-0.15, -0.1) is 0 Å². The van der Waals surface area contributed by atoms with Gasteiger partial charge < -0.3 is 0 Å². The molecule has 0 bridgehead atoms. The van der Waals surface area contributed by atoms with Gasteiger partial charge in [0.15, 0.2) is 5.82 Å². The Morgan fingerprint density at radius 3 is 2.38 bits per heavy atom. The number of hydrogen-bond acceptors (Lipinski definition) is 3. The predicted molar refractivity (Wildman–Crippen MR) is 101 cm³/mol. The molecule has 0 saturated heterocycles. The van der Waals surface area contributed by atoms with E-state index < -0.39 is 0 Å². The number of rotatable bonds is 3. The first-order valence-electron chi connectivity index (χ1n) is 7.83. The summed E-state index contributed by atoms with van der Waals surface area (Å²) in [4.78, 5) is 0. The van der Waals surface area contributed by atoms with E-state index in [4.69, 9.17) is 12.2 Å². The van der Waals surface area contributed by atoms with Crippen molar-refractivity contribution in [3.8, 4) is 11.4 Å². The number of nitrogens with one attached hydrogen (secondary N) is 1. The minimum absolute atomic E-state index is 0.479. The molecule has 1 heterocycles. The maximum Gasteiger partial charge on any atom is 0.216 e. The molecule has 4 nitrogen and oxygen atoms in total. The molecule has 0 aliphatic carbocycles. The van der Waals surface area contributed by atoms with Crippen LogP contribution in [0.15, 0.2) is 41.5 Å². The van der Waals surface area contributed by atoms with Crippen LogP contribution in [0, 0.1) is 32.5 Å². The van der Waals surface area contributed by atoms with Gasteiger partial charge in [0, 0.05) is 11.1 Å². The molecule has 0 aliphatic rings. The first kappa shape index (κ1) is 16.3. The van der Waals surface area contributed by atoms with Crippen molar-refractivity contribution in [2.75, 3.05) is 0 Å². The Morgan fingerprint density at radius 1 is 1.04 bits per heavy atom. The predicted octanol–water partition coefficient (Wildman–Crippen LogP) is 4.72. The number of nitrogens with zero attached hydrogens (tertiary/aromatic N) is 3. The SMILES string of the molecule is Cc1cc(C)c(/C=N\n2c(-c3ccccc3C)n[nH]c2=S)c(C)c1. The van der Waals surface area contributed by atoms with Crippen LogP contribution in [0.2, 0.25) is 0 Å². The molecule has 1 aromatic heterocycles. The minimum atomic E-state index is 0.479. The first-order valence-corrected chi connectivity index (χ1v) is 8.24. The Kier molecular flexibility index (Phi) is 4.44. The number of aromatic amines is 1. The number of hydrogen-bond donors (Lipinski definition) is 1. The van der Waals surface area contributed by atoms with Crippen LogP contribution in [-0.4, -0.2) is 21.1 Å². The van der Waals surface area contributed by atoms with Crippen LogP contribution in [0.1, 0.15) is 27.8 Å². The summed E-state index contributed by atoms with van der Waals surface area (Å²) in [6.45, 7) is 8.34. The summed E-state index contributed by atoms with van der Waals surface area (Å²) in [5.41, 5.74) is 6.90. The molecule has 24 heavy (non-hydrogen) atoms. The van der Waals surface area contributed by atoms with Crippen LogP contribution in [0.25, 0.3) is 11.4 Å². The van der Waals surface area contributed by atoms with Gasteiger partial charge in [0.05, 0.1) is 6.21 Å². The highest BCUT2D eigenvalue weighted by Crippen LogP contribution is 2.21. The van der Waals surface area contributed by atoms with Crippen molar-refractivity contribution in [1.82, 2.24) is 14.9 Å². The van der Waals surface area contributed by atoms with Gasteiger partial charge in [0.1, 0.15) is 0 Å². The lowest BCUT2D eigenvalue weighted by Gasteiger charge is -2.07. The molecule has 0 radical (unpaired) electrons. The maximum atomic E-state index is 5.35. The van der Waals surface area contributed by atoms with E-state index in [1.807, 2.05) is 24.4 Å². The molecule has 0 amide bonds. The number of aryl methyl sites for hydroxylation is 4. The average molecular weight is 336 g/mol. The minimum Gasteiger partial charge on any atom is -0.250 e. The van der Waals surface area contributed by atoms with Crippen molar-refractivity contribution in [1.29, 1.82) is 0 Å². The fraction of sp³-hybridized carbons (Fsp3) is 0.211. The summed E-state index contributed by atoms with van der Waals surface area (Å²) in [5.74, 6) is 0.719. The Hall–Kier alpha value is -2.53. The molecule has 5 heteroatoms. The maximum absolute atomic E-state index is 5.35. The van der Waals surface area contributed by atoms with Gasteiger partial charge in [0.25, 0.3) is 0 Å². The van der Waals surface area contributed by atoms with Gasteiger partial charge in [0.2, 0.25) is 4.77 Å². The molecule has 0 unspecified atom stereocenters. The highest BCUT2D eigenvalue weighted by Gasteiger charge is 2.10. The normalized spacial score (nSPS) is 11.3. The highest BCUT2D eigenvalue weighted by molar-refractivity contribution is 7.71. The summed E-state index contributed by atoms with van der Waals surface area (Å²) in [5, 5.41) is 11.8. The van der Waals surface area contributed by atoms with E-state index in [0.29, 0.717) is 4.77 Å². The van der Waals surface area contributed by atoms with Crippen molar-refractivity contribution in [3.63, 3.8) is 0 Å². The second-order valence-electron chi connectivity index (χ2n) is 6.04. The van der Waals surface area contributed by atoms with Crippen LogP contribution in [0.5, 0.6) is 0 Å². The average Bonchev–Trinajstić information content (AvgIpc) is 2.88. The van der Waals surface area contributed by atoms with E-state index in [9.17, 15) is 0 Å². The molecular weight excluding hydrogens is 316 g/mol. The molecule has 122 valence electrons. The number of aromatic nitrogens is 3. The second-order valence-corrected chi connectivity index (χ2v) is 6.42. The van der Waals surface area contributed by atoms with Crippen molar-refractivity contribution in [2.24, 2.45) is 5.10 Å². The van der Waals surface area contributed by atoms with Gasteiger partial charge in [-0.25, -0.2) is 5.10 Å². The summed E-state index contributed by atoms with van der Waals surface area (Å²) in [7, 11) is 0. The summed E-state index contributed by atoms with van der Waals surface area (Å²) in [6.07, 6.45) is 1.86. The Labute approximate surface area is 146 Å². The van der Waals surface area contributed by atoms with Crippen molar-refractivity contribution in [2.45, 2.75) is 27.7 Å². The van der Waals surface area contributed by atoms with Crippen molar-refractivity contribution < 1.29 is 0 Å². The van der Waals surface area contributed by atoms with Crippen LogP contribution >= 0.6 is 12.2 Å². The van der Waals surface area contributed by atoms with Crippen LogP contribution in [-0.2, 0) is 0 Å². The molecule has 0 saturated carbocycles. The van der Waals surface area contributed by atoms with Crippen LogP contribution in [0.3, 0.4) is 0 Å². The Bertz CT molecular complexity index is 956. The Balaban J connectivity index is 2.08. The largest absolute Gasteiger partial charge is 0.250 e. The molecule has 0 atom stereocenters. The third kappa shape index (κ3) is 3.08. The fourth-order valence-electron chi connectivity index (χ4n) is 2.91. The fourth-order valence-corrected chi connectivity index (χ4v) is 3.09. The smallest absolute Gasteiger partial charge is 0.216 e. The zero-order chi connectivity index (χ0) is 17.3. The first-order chi connectivity index (χ1) is 11.5. The molecule has 1 N–H and O–H groups in total. The van der Waals surface area contributed by atoms with Gasteiger partial charge in [-0.05, 0) is 56.6 Å². The van der Waals surface area contributed by atoms with E-state index in [0.717, 1.165) is 22.5 Å². The molecule has 3 rings (SSSR count). The molecular formula is C19H20N4S. The highest BCUT2D eigenvalue weighted by atomic mass is 32.1. The quantitative estimate of drug-likeness (QED) is 0.555. The summed E-state index contributed by atoms with van der Waals surface area (Å²) < 4.78 is 2.16. The van der Waals surface area contributed by atoms with Gasteiger partial charge >= 0.3 is 0 Å². The molecule has 0 fully saturated rings.